The molecule has 1 fully saturated rings. The highest BCUT2D eigenvalue weighted by Gasteiger charge is 2.22. The number of nitrogens with zero attached hydrogens (tertiary/aromatic N) is 1. The SMILES string of the molecule is COc1ccc(OC)c(N(CCCC(=O)NCC2CCCCC2)S(C)(=O)=O)c1. The number of carbonyl (C=O) groups is 1. The minimum absolute atomic E-state index is 0.0309. The van der Waals surface area contributed by atoms with Crippen LogP contribution >= 0.6 is 0 Å². The van der Waals surface area contributed by atoms with Crippen LogP contribution in [-0.2, 0) is 14.8 Å². The number of benzene rings is 1. The first kappa shape index (κ1) is 22.3. The lowest BCUT2D eigenvalue weighted by Gasteiger charge is -2.25. The number of hydrogen-bond acceptors (Lipinski definition) is 5. The van der Waals surface area contributed by atoms with Gasteiger partial charge in [0.25, 0.3) is 0 Å². The molecule has 28 heavy (non-hydrogen) atoms. The number of hydrogen-bond donors (Lipinski definition) is 1. The highest BCUT2D eigenvalue weighted by atomic mass is 32.2. The lowest BCUT2D eigenvalue weighted by molar-refractivity contribution is -0.121. The fourth-order valence-corrected chi connectivity index (χ4v) is 4.54. The molecular formula is C20H32N2O5S. The first-order valence-corrected chi connectivity index (χ1v) is 11.7. The topological polar surface area (TPSA) is 84.9 Å². The van der Waals surface area contributed by atoms with Gasteiger partial charge in [-0.3, -0.25) is 9.10 Å². The number of methoxy groups -OCH3 is 2. The zero-order valence-electron chi connectivity index (χ0n) is 17.1. The largest absolute Gasteiger partial charge is 0.497 e. The maximum absolute atomic E-state index is 12.3. The molecule has 0 unspecified atom stereocenters. The van der Waals surface area contributed by atoms with Gasteiger partial charge in [0.15, 0.2) is 0 Å². The number of anilines is 1. The van der Waals surface area contributed by atoms with Gasteiger partial charge < -0.3 is 14.8 Å². The van der Waals surface area contributed by atoms with E-state index in [1.165, 1.54) is 50.6 Å². The lowest BCUT2D eigenvalue weighted by atomic mass is 9.89. The summed E-state index contributed by atoms with van der Waals surface area (Å²) in [6.45, 7) is 0.914. The molecule has 1 N–H and O–H groups in total. The van der Waals surface area contributed by atoms with Gasteiger partial charge in [-0.2, -0.15) is 0 Å². The first-order chi connectivity index (χ1) is 13.3. The van der Waals surface area contributed by atoms with Crippen molar-refractivity contribution in [2.24, 2.45) is 5.92 Å². The second-order valence-electron chi connectivity index (χ2n) is 7.28. The van der Waals surface area contributed by atoms with Crippen molar-refractivity contribution in [3.05, 3.63) is 18.2 Å². The number of amides is 1. The van der Waals surface area contributed by atoms with Crippen molar-refractivity contribution in [3.63, 3.8) is 0 Å². The number of nitrogens with one attached hydrogen (secondary N) is 1. The molecule has 2 rings (SSSR count). The minimum Gasteiger partial charge on any atom is -0.497 e. The summed E-state index contributed by atoms with van der Waals surface area (Å²) >= 11 is 0. The van der Waals surface area contributed by atoms with Gasteiger partial charge in [0.2, 0.25) is 15.9 Å². The summed E-state index contributed by atoms with van der Waals surface area (Å²) in [6.07, 6.45) is 7.98. The summed E-state index contributed by atoms with van der Waals surface area (Å²) in [7, 11) is -0.525. The fourth-order valence-electron chi connectivity index (χ4n) is 3.58. The molecule has 1 amide bonds. The summed E-state index contributed by atoms with van der Waals surface area (Å²) in [4.78, 5) is 12.2. The number of sulfonamides is 1. The van der Waals surface area contributed by atoms with Crippen LogP contribution in [0.15, 0.2) is 18.2 Å². The van der Waals surface area contributed by atoms with Crippen LogP contribution in [0.1, 0.15) is 44.9 Å². The summed E-state index contributed by atoms with van der Waals surface area (Å²) in [5.41, 5.74) is 0.409. The molecule has 1 aliphatic carbocycles. The van der Waals surface area contributed by atoms with Gasteiger partial charge in [-0.05, 0) is 37.3 Å². The van der Waals surface area contributed by atoms with E-state index in [2.05, 4.69) is 5.32 Å². The van der Waals surface area contributed by atoms with Crippen LogP contribution in [0, 0.1) is 5.92 Å². The van der Waals surface area contributed by atoms with Crippen LogP contribution in [0.4, 0.5) is 5.69 Å². The molecule has 158 valence electrons. The molecule has 0 heterocycles. The molecule has 1 saturated carbocycles. The Morgan fingerprint density at radius 2 is 1.89 bits per heavy atom. The smallest absolute Gasteiger partial charge is 0.232 e. The van der Waals surface area contributed by atoms with Crippen LogP contribution < -0.4 is 19.1 Å². The predicted octanol–water partition coefficient (Wildman–Crippen LogP) is 2.95. The van der Waals surface area contributed by atoms with Crippen LogP contribution in [-0.4, -0.2) is 47.9 Å². The van der Waals surface area contributed by atoms with Crippen molar-refractivity contribution >= 4 is 21.6 Å². The molecule has 1 aromatic carbocycles. The van der Waals surface area contributed by atoms with Crippen molar-refractivity contribution < 1.29 is 22.7 Å². The third kappa shape index (κ3) is 6.58. The molecule has 0 radical (unpaired) electrons. The lowest BCUT2D eigenvalue weighted by Crippen LogP contribution is -2.33. The van der Waals surface area contributed by atoms with E-state index in [1.807, 2.05) is 0 Å². The Kier molecular flexibility index (Phi) is 8.41. The Morgan fingerprint density at radius 3 is 2.50 bits per heavy atom. The van der Waals surface area contributed by atoms with E-state index in [0.717, 1.165) is 12.8 Å². The first-order valence-electron chi connectivity index (χ1n) is 9.81. The molecule has 0 bridgehead atoms. The molecule has 0 spiro atoms. The summed E-state index contributed by atoms with van der Waals surface area (Å²) in [6, 6.07) is 5.01. The van der Waals surface area contributed by atoms with E-state index in [0.29, 0.717) is 29.5 Å². The molecular weight excluding hydrogens is 380 g/mol. The van der Waals surface area contributed by atoms with Crippen molar-refractivity contribution in [1.82, 2.24) is 5.32 Å². The van der Waals surface area contributed by atoms with Crippen molar-refractivity contribution in [2.75, 3.05) is 37.9 Å². The highest BCUT2D eigenvalue weighted by molar-refractivity contribution is 7.92. The predicted molar refractivity (Wildman–Crippen MR) is 111 cm³/mol. The Labute approximate surface area is 168 Å². The maximum Gasteiger partial charge on any atom is 0.232 e. The van der Waals surface area contributed by atoms with Gasteiger partial charge >= 0.3 is 0 Å². The minimum atomic E-state index is -3.54. The van der Waals surface area contributed by atoms with Gasteiger partial charge in [-0.1, -0.05) is 19.3 Å². The van der Waals surface area contributed by atoms with Crippen LogP contribution in [0.3, 0.4) is 0 Å². The van der Waals surface area contributed by atoms with Gasteiger partial charge in [-0.15, -0.1) is 0 Å². The van der Waals surface area contributed by atoms with Gasteiger partial charge in [0, 0.05) is 25.6 Å². The van der Waals surface area contributed by atoms with Gasteiger partial charge in [-0.25, -0.2) is 8.42 Å². The van der Waals surface area contributed by atoms with Crippen LogP contribution in [0.2, 0.25) is 0 Å². The second kappa shape index (κ2) is 10.5. The summed E-state index contributed by atoms with van der Waals surface area (Å²) < 4.78 is 36.5. The monoisotopic (exact) mass is 412 g/mol. The molecule has 0 saturated heterocycles. The van der Waals surface area contributed by atoms with E-state index in [-0.39, 0.29) is 18.9 Å². The second-order valence-corrected chi connectivity index (χ2v) is 9.19. The Morgan fingerprint density at radius 1 is 1.18 bits per heavy atom. The zero-order valence-corrected chi connectivity index (χ0v) is 17.9. The average Bonchev–Trinajstić information content (AvgIpc) is 2.69. The summed E-state index contributed by atoms with van der Waals surface area (Å²) in [5.74, 6) is 1.52. The van der Waals surface area contributed by atoms with Crippen molar-refractivity contribution in [1.29, 1.82) is 0 Å². The van der Waals surface area contributed by atoms with E-state index in [1.54, 1.807) is 18.2 Å². The number of rotatable bonds is 10. The number of carbonyl (C=O) groups excluding carboxylic acids is 1. The zero-order chi connectivity index (χ0) is 20.6. The molecule has 1 aliphatic rings. The summed E-state index contributed by atoms with van der Waals surface area (Å²) in [5, 5.41) is 2.99. The van der Waals surface area contributed by atoms with Gasteiger partial charge in [0.05, 0.1) is 26.2 Å². The molecule has 7 nitrogen and oxygen atoms in total. The van der Waals surface area contributed by atoms with E-state index >= 15 is 0 Å². The third-order valence-electron chi connectivity index (χ3n) is 5.13. The Hall–Kier alpha value is -1.96. The highest BCUT2D eigenvalue weighted by Crippen LogP contribution is 2.34. The van der Waals surface area contributed by atoms with Gasteiger partial charge in [0.1, 0.15) is 11.5 Å². The molecule has 8 heteroatoms. The third-order valence-corrected chi connectivity index (χ3v) is 6.31. The Balaban J connectivity index is 1.95. The van der Waals surface area contributed by atoms with E-state index in [9.17, 15) is 13.2 Å². The van der Waals surface area contributed by atoms with Crippen molar-refractivity contribution in [3.8, 4) is 11.5 Å². The molecule has 0 aromatic heterocycles. The Bertz CT molecular complexity index is 745. The molecule has 1 aromatic rings. The van der Waals surface area contributed by atoms with E-state index in [4.69, 9.17) is 9.47 Å². The average molecular weight is 413 g/mol. The quantitative estimate of drug-likeness (QED) is 0.639. The molecule has 0 aliphatic heterocycles. The van der Waals surface area contributed by atoms with E-state index < -0.39 is 10.0 Å². The van der Waals surface area contributed by atoms with Crippen LogP contribution in [0.5, 0.6) is 11.5 Å². The normalized spacial score (nSPS) is 15.1. The van der Waals surface area contributed by atoms with Crippen molar-refractivity contribution in [2.45, 2.75) is 44.9 Å². The molecule has 0 atom stereocenters. The fraction of sp³-hybridized carbons (Fsp3) is 0.650. The van der Waals surface area contributed by atoms with Crippen LogP contribution in [0.25, 0.3) is 0 Å². The standard InChI is InChI=1S/C20H32N2O5S/c1-26-17-11-12-19(27-2)18(14-17)22(28(3,24)25)13-7-10-20(23)21-15-16-8-5-4-6-9-16/h11-12,14,16H,4-10,13,15H2,1-3H3,(H,21,23). The maximum atomic E-state index is 12.3. The number of ether oxygens (including phenoxy) is 2.